The fourth-order valence-corrected chi connectivity index (χ4v) is 1.37. The van der Waals surface area contributed by atoms with Gasteiger partial charge >= 0.3 is 5.97 Å². The number of aliphatic carboxylic acids is 1. The second kappa shape index (κ2) is 2.34. The van der Waals surface area contributed by atoms with Crippen LogP contribution in [0.5, 0.6) is 0 Å². The van der Waals surface area contributed by atoms with Crippen LogP contribution in [0.1, 0.15) is 19.3 Å². The summed E-state index contributed by atoms with van der Waals surface area (Å²) in [5.74, 6) is -0.744. The first-order valence-electron chi connectivity index (χ1n) is 3.83. The smallest absolute Gasteiger partial charge is 0.331 e. The molecule has 0 spiro atoms. The van der Waals surface area contributed by atoms with Gasteiger partial charge in [0.05, 0.1) is 12.7 Å². The van der Waals surface area contributed by atoms with Crippen LogP contribution in [0.2, 0.25) is 0 Å². The average Bonchev–Trinajstić information content (AvgIpc) is 2.60. The Hall–Kier alpha value is -0.830. The molecule has 0 radical (unpaired) electrons. The molecule has 11 heavy (non-hydrogen) atoms. The summed E-state index contributed by atoms with van der Waals surface area (Å²) in [7, 11) is 0. The zero-order chi connectivity index (χ0) is 7.84. The van der Waals surface area contributed by atoms with Crippen LogP contribution in [0.25, 0.3) is 0 Å². The second-order valence-electron chi connectivity index (χ2n) is 3.05. The van der Waals surface area contributed by atoms with Gasteiger partial charge in [0, 0.05) is 5.57 Å². The number of epoxide rings is 1. The molecule has 0 aromatic carbocycles. The van der Waals surface area contributed by atoms with Gasteiger partial charge in [-0.25, -0.2) is 4.79 Å². The zero-order valence-electron chi connectivity index (χ0n) is 6.17. The fraction of sp³-hybridized carbons (Fsp3) is 0.625. The summed E-state index contributed by atoms with van der Waals surface area (Å²) < 4.78 is 5.02. The molecule has 3 heteroatoms. The van der Waals surface area contributed by atoms with Crippen LogP contribution in [0.4, 0.5) is 0 Å². The SMILES string of the molecule is O=C(O)C1=C(CC2CO2)CC1. The Balaban J connectivity index is 2.00. The molecule has 1 saturated heterocycles. The molecule has 0 bridgehead atoms. The topological polar surface area (TPSA) is 49.8 Å². The van der Waals surface area contributed by atoms with Crippen LogP contribution in [-0.2, 0) is 9.53 Å². The van der Waals surface area contributed by atoms with E-state index >= 15 is 0 Å². The molecule has 0 saturated carbocycles. The molecule has 2 aliphatic rings. The monoisotopic (exact) mass is 154 g/mol. The van der Waals surface area contributed by atoms with Gasteiger partial charge in [0.1, 0.15) is 0 Å². The van der Waals surface area contributed by atoms with Crippen molar-refractivity contribution in [1.82, 2.24) is 0 Å². The highest BCUT2D eigenvalue weighted by Gasteiger charge is 2.30. The summed E-state index contributed by atoms with van der Waals surface area (Å²) in [6, 6.07) is 0. The lowest BCUT2D eigenvalue weighted by Crippen LogP contribution is -2.14. The molecule has 60 valence electrons. The third-order valence-electron chi connectivity index (χ3n) is 2.24. The van der Waals surface area contributed by atoms with Gasteiger partial charge in [-0.3, -0.25) is 0 Å². The van der Waals surface area contributed by atoms with Crippen molar-refractivity contribution in [3.05, 3.63) is 11.1 Å². The minimum absolute atomic E-state index is 0.333. The number of hydrogen-bond donors (Lipinski definition) is 1. The highest BCUT2D eigenvalue weighted by molar-refractivity contribution is 5.89. The van der Waals surface area contributed by atoms with Crippen molar-refractivity contribution >= 4 is 5.97 Å². The summed E-state index contributed by atoms with van der Waals surface area (Å²) in [4.78, 5) is 10.5. The molecular weight excluding hydrogens is 144 g/mol. The van der Waals surface area contributed by atoms with Gasteiger partial charge in [-0.15, -0.1) is 0 Å². The molecule has 2 rings (SSSR count). The molecule has 1 aliphatic carbocycles. The zero-order valence-corrected chi connectivity index (χ0v) is 6.17. The van der Waals surface area contributed by atoms with E-state index in [-0.39, 0.29) is 0 Å². The van der Waals surface area contributed by atoms with Crippen molar-refractivity contribution < 1.29 is 14.6 Å². The summed E-state index contributed by atoms with van der Waals surface area (Å²) >= 11 is 0. The van der Waals surface area contributed by atoms with Crippen LogP contribution >= 0.6 is 0 Å². The number of hydrogen-bond acceptors (Lipinski definition) is 2. The average molecular weight is 154 g/mol. The van der Waals surface area contributed by atoms with Crippen molar-refractivity contribution in [2.45, 2.75) is 25.4 Å². The van der Waals surface area contributed by atoms with Crippen LogP contribution in [0.15, 0.2) is 11.1 Å². The molecule has 0 amide bonds. The summed E-state index contributed by atoms with van der Waals surface area (Å²) in [5, 5.41) is 8.64. The molecule has 1 aliphatic heterocycles. The third kappa shape index (κ3) is 1.28. The Labute approximate surface area is 64.7 Å². The lowest BCUT2D eigenvalue weighted by atomic mass is 9.86. The minimum atomic E-state index is -0.744. The summed E-state index contributed by atoms with van der Waals surface area (Å²) in [5.41, 5.74) is 1.72. The number of rotatable bonds is 3. The summed E-state index contributed by atoms with van der Waals surface area (Å²) in [6.45, 7) is 0.816. The van der Waals surface area contributed by atoms with Crippen molar-refractivity contribution in [2.75, 3.05) is 6.61 Å². The van der Waals surface area contributed by atoms with Crippen molar-refractivity contribution in [2.24, 2.45) is 0 Å². The van der Waals surface area contributed by atoms with E-state index in [1.54, 1.807) is 0 Å². The van der Waals surface area contributed by atoms with Crippen LogP contribution < -0.4 is 0 Å². The van der Waals surface area contributed by atoms with E-state index in [1.807, 2.05) is 0 Å². The van der Waals surface area contributed by atoms with E-state index in [2.05, 4.69) is 0 Å². The quantitative estimate of drug-likeness (QED) is 0.616. The highest BCUT2D eigenvalue weighted by Crippen LogP contribution is 2.34. The maximum absolute atomic E-state index is 10.5. The first kappa shape index (κ1) is 6.85. The Morgan fingerprint density at radius 1 is 1.64 bits per heavy atom. The predicted molar refractivity (Wildman–Crippen MR) is 38.3 cm³/mol. The molecule has 1 fully saturated rings. The van der Waals surface area contributed by atoms with Gasteiger partial charge in [0.25, 0.3) is 0 Å². The number of carbonyl (C=O) groups is 1. The largest absolute Gasteiger partial charge is 0.478 e. The Kier molecular flexibility index (Phi) is 1.46. The Morgan fingerprint density at radius 2 is 2.36 bits per heavy atom. The van der Waals surface area contributed by atoms with Gasteiger partial charge in [-0.1, -0.05) is 5.57 Å². The van der Waals surface area contributed by atoms with Crippen molar-refractivity contribution in [3.63, 3.8) is 0 Å². The van der Waals surface area contributed by atoms with Crippen molar-refractivity contribution in [3.8, 4) is 0 Å². The van der Waals surface area contributed by atoms with Gasteiger partial charge in [0.2, 0.25) is 0 Å². The van der Waals surface area contributed by atoms with Gasteiger partial charge in [-0.2, -0.15) is 0 Å². The predicted octanol–water partition coefficient (Wildman–Crippen LogP) is 0.950. The van der Waals surface area contributed by atoms with Crippen LogP contribution in [0, 0.1) is 0 Å². The van der Waals surface area contributed by atoms with E-state index in [0.29, 0.717) is 11.7 Å². The van der Waals surface area contributed by atoms with Crippen LogP contribution in [0.3, 0.4) is 0 Å². The molecule has 1 unspecified atom stereocenters. The normalized spacial score (nSPS) is 28.2. The molecule has 0 aromatic heterocycles. The molecule has 1 heterocycles. The number of ether oxygens (including phenoxy) is 1. The Morgan fingerprint density at radius 3 is 2.73 bits per heavy atom. The van der Waals surface area contributed by atoms with Gasteiger partial charge in [-0.05, 0) is 19.3 Å². The maximum Gasteiger partial charge on any atom is 0.331 e. The molecule has 1 N–H and O–H groups in total. The molecule has 1 atom stereocenters. The summed E-state index contributed by atoms with van der Waals surface area (Å²) in [6.07, 6.45) is 2.89. The van der Waals surface area contributed by atoms with E-state index in [4.69, 9.17) is 9.84 Å². The van der Waals surface area contributed by atoms with E-state index in [0.717, 1.165) is 31.4 Å². The van der Waals surface area contributed by atoms with Gasteiger partial charge < -0.3 is 9.84 Å². The molecule has 0 aromatic rings. The minimum Gasteiger partial charge on any atom is -0.478 e. The number of carboxylic acids is 1. The van der Waals surface area contributed by atoms with Crippen molar-refractivity contribution in [1.29, 1.82) is 0 Å². The van der Waals surface area contributed by atoms with E-state index < -0.39 is 5.97 Å². The third-order valence-corrected chi connectivity index (χ3v) is 2.24. The molecule has 3 nitrogen and oxygen atoms in total. The first-order chi connectivity index (χ1) is 5.27. The number of carboxylic acid groups (broad SMARTS) is 1. The van der Waals surface area contributed by atoms with E-state index in [9.17, 15) is 4.79 Å². The molecular formula is C8H10O3. The van der Waals surface area contributed by atoms with Crippen LogP contribution in [-0.4, -0.2) is 23.8 Å². The standard InChI is InChI=1S/C8H10O3/c9-8(10)7-2-1-5(7)3-6-4-11-6/h6H,1-4H2,(H,9,10). The maximum atomic E-state index is 10.5. The first-order valence-corrected chi connectivity index (χ1v) is 3.83. The van der Waals surface area contributed by atoms with Gasteiger partial charge in [0.15, 0.2) is 0 Å². The highest BCUT2D eigenvalue weighted by atomic mass is 16.6. The fourth-order valence-electron chi connectivity index (χ4n) is 1.37. The Bertz CT molecular complexity index is 225. The second-order valence-corrected chi connectivity index (χ2v) is 3.05. The lowest BCUT2D eigenvalue weighted by Gasteiger charge is -2.19. The van der Waals surface area contributed by atoms with E-state index in [1.165, 1.54) is 0 Å². The lowest BCUT2D eigenvalue weighted by molar-refractivity contribution is -0.133.